The number of pyridine rings is 1. The highest BCUT2D eigenvalue weighted by molar-refractivity contribution is 5.99. The van der Waals surface area contributed by atoms with Crippen LogP contribution in [0.3, 0.4) is 0 Å². The van der Waals surface area contributed by atoms with E-state index in [1.54, 1.807) is 0 Å². The van der Waals surface area contributed by atoms with Crippen LogP contribution in [0.4, 0.5) is 5.82 Å². The van der Waals surface area contributed by atoms with Crippen LogP contribution in [0.25, 0.3) is 0 Å². The van der Waals surface area contributed by atoms with Gasteiger partial charge in [-0.2, -0.15) is 0 Å². The van der Waals surface area contributed by atoms with Gasteiger partial charge in [-0.05, 0) is 37.5 Å². The molecule has 1 aliphatic heterocycles. The summed E-state index contributed by atoms with van der Waals surface area (Å²) in [5.41, 5.74) is 4.33. The molecule has 5 nitrogen and oxygen atoms in total. The molecule has 0 saturated heterocycles. The minimum atomic E-state index is -0.0469. The van der Waals surface area contributed by atoms with Crippen molar-refractivity contribution in [1.82, 2.24) is 15.2 Å². The van der Waals surface area contributed by atoms with Crippen molar-refractivity contribution in [3.05, 3.63) is 58.8 Å². The molecule has 0 atom stereocenters. The molecule has 144 valence electrons. The van der Waals surface area contributed by atoms with Gasteiger partial charge in [-0.15, -0.1) is 0 Å². The molecule has 1 N–H and O–H groups in total. The van der Waals surface area contributed by atoms with Crippen molar-refractivity contribution >= 4 is 11.7 Å². The van der Waals surface area contributed by atoms with E-state index < -0.39 is 0 Å². The lowest BCUT2D eigenvalue weighted by atomic mass is 10.0. The third-order valence-corrected chi connectivity index (χ3v) is 4.87. The monoisotopic (exact) mass is 366 g/mol. The molecule has 0 spiro atoms. The number of carbonyl (C=O) groups is 1. The Bertz CT molecular complexity index is 786. The highest BCUT2D eigenvalue weighted by atomic mass is 16.1. The van der Waals surface area contributed by atoms with Crippen molar-refractivity contribution in [2.75, 3.05) is 32.1 Å². The molecule has 3 rings (SSSR count). The van der Waals surface area contributed by atoms with Crippen molar-refractivity contribution < 1.29 is 4.79 Å². The first kappa shape index (κ1) is 19.4. The molecule has 1 aromatic heterocycles. The van der Waals surface area contributed by atoms with Crippen molar-refractivity contribution in [1.29, 1.82) is 0 Å². The Hall–Kier alpha value is -2.40. The molecule has 27 heavy (non-hydrogen) atoms. The molecule has 2 aromatic rings. The number of hydrogen-bond donors (Lipinski definition) is 1. The normalized spacial score (nSPS) is 14.6. The lowest BCUT2D eigenvalue weighted by Crippen LogP contribution is -2.32. The number of hydrogen-bond acceptors (Lipinski definition) is 4. The zero-order chi connectivity index (χ0) is 19.4. The highest BCUT2D eigenvalue weighted by Crippen LogP contribution is 2.24. The molecule has 0 saturated carbocycles. The number of anilines is 1. The summed E-state index contributed by atoms with van der Waals surface area (Å²) in [6.07, 6.45) is 1.83. The Morgan fingerprint density at radius 3 is 2.56 bits per heavy atom. The predicted molar refractivity (Wildman–Crippen MR) is 110 cm³/mol. The van der Waals surface area contributed by atoms with Crippen molar-refractivity contribution in [3.8, 4) is 0 Å². The maximum Gasteiger partial charge on any atom is 0.255 e. The zero-order valence-corrected chi connectivity index (χ0v) is 16.8. The van der Waals surface area contributed by atoms with Crippen LogP contribution < -0.4 is 10.2 Å². The molecule has 0 fully saturated rings. The van der Waals surface area contributed by atoms with Gasteiger partial charge in [0.05, 0.1) is 5.56 Å². The molecule has 1 aromatic carbocycles. The molecule has 1 aliphatic rings. The van der Waals surface area contributed by atoms with Gasteiger partial charge in [0.25, 0.3) is 5.91 Å². The van der Waals surface area contributed by atoms with E-state index in [1.807, 2.05) is 32.8 Å². The van der Waals surface area contributed by atoms with E-state index in [0.717, 1.165) is 44.0 Å². The van der Waals surface area contributed by atoms with E-state index in [9.17, 15) is 4.79 Å². The summed E-state index contributed by atoms with van der Waals surface area (Å²) in [6, 6.07) is 12.7. The fourth-order valence-electron chi connectivity index (χ4n) is 3.52. The van der Waals surface area contributed by atoms with Crippen LogP contribution in [0, 0.1) is 0 Å². The van der Waals surface area contributed by atoms with Crippen LogP contribution >= 0.6 is 0 Å². The number of benzene rings is 1. The summed E-state index contributed by atoms with van der Waals surface area (Å²) in [4.78, 5) is 22.0. The summed E-state index contributed by atoms with van der Waals surface area (Å²) in [5, 5.41) is 3.00. The summed E-state index contributed by atoms with van der Waals surface area (Å²) >= 11 is 0. The number of fused-ring (bicyclic) bond motifs is 1. The average molecular weight is 367 g/mol. The minimum Gasteiger partial charge on any atom is -0.362 e. The van der Waals surface area contributed by atoms with Crippen molar-refractivity contribution in [3.63, 3.8) is 0 Å². The Labute approximate surface area is 162 Å². The Morgan fingerprint density at radius 2 is 1.89 bits per heavy atom. The van der Waals surface area contributed by atoms with Gasteiger partial charge in [-0.25, -0.2) is 4.98 Å². The molecule has 5 heteroatoms. The number of nitrogens with one attached hydrogen (secondary N) is 1. The predicted octanol–water partition coefficient (Wildman–Crippen LogP) is 2.89. The van der Waals surface area contributed by atoms with Crippen molar-refractivity contribution in [2.45, 2.75) is 39.3 Å². The second-order valence-electron chi connectivity index (χ2n) is 7.75. The standard InChI is InChI=1S/C22H30N4O/c1-16(2)23-22(27)19-14-18-10-12-26(15-17-8-6-5-7-9-17)13-11-20(18)24-21(19)25(3)4/h5-9,14,16H,10-13,15H2,1-4H3,(H,23,27). The third kappa shape index (κ3) is 4.86. The first-order valence-corrected chi connectivity index (χ1v) is 9.71. The van der Waals surface area contributed by atoms with Crippen LogP contribution in [-0.2, 0) is 19.4 Å². The number of carbonyl (C=O) groups excluding carboxylic acids is 1. The van der Waals surface area contributed by atoms with Crippen LogP contribution in [0.15, 0.2) is 36.4 Å². The third-order valence-electron chi connectivity index (χ3n) is 4.87. The second-order valence-corrected chi connectivity index (χ2v) is 7.75. The van der Waals surface area contributed by atoms with Gasteiger partial charge < -0.3 is 10.2 Å². The van der Waals surface area contributed by atoms with E-state index in [-0.39, 0.29) is 11.9 Å². The molecular weight excluding hydrogens is 336 g/mol. The molecule has 0 unspecified atom stereocenters. The fourth-order valence-corrected chi connectivity index (χ4v) is 3.52. The van der Waals surface area contributed by atoms with E-state index in [0.29, 0.717) is 5.56 Å². The topological polar surface area (TPSA) is 48.5 Å². The van der Waals surface area contributed by atoms with Gasteiger partial charge in [-0.1, -0.05) is 30.3 Å². The largest absolute Gasteiger partial charge is 0.362 e. The molecule has 2 heterocycles. The average Bonchev–Trinajstić information content (AvgIpc) is 2.83. The van der Waals surface area contributed by atoms with Gasteiger partial charge >= 0.3 is 0 Å². The molecule has 0 radical (unpaired) electrons. The summed E-state index contributed by atoms with van der Waals surface area (Å²) in [6.45, 7) is 6.88. The summed E-state index contributed by atoms with van der Waals surface area (Å²) in [7, 11) is 3.89. The number of rotatable bonds is 5. The molecule has 1 amide bonds. The zero-order valence-electron chi connectivity index (χ0n) is 16.8. The maximum atomic E-state index is 12.7. The van der Waals surface area contributed by atoms with Gasteiger partial charge in [0, 0.05) is 51.9 Å². The van der Waals surface area contributed by atoms with Crippen LogP contribution in [0.5, 0.6) is 0 Å². The SMILES string of the molecule is CC(C)NC(=O)c1cc2c(nc1N(C)C)CCN(Cc1ccccc1)CC2. The lowest BCUT2D eigenvalue weighted by molar-refractivity contribution is 0.0943. The van der Waals surface area contributed by atoms with E-state index in [4.69, 9.17) is 4.98 Å². The number of aromatic nitrogens is 1. The first-order valence-electron chi connectivity index (χ1n) is 9.71. The first-order chi connectivity index (χ1) is 12.9. The number of amides is 1. The van der Waals surface area contributed by atoms with Gasteiger partial charge in [0.1, 0.15) is 5.82 Å². The van der Waals surface area contributed by atoms with Gasteiger partial charge in [0.2, 0.25) is 0 Å². The van der Waals surface area contributed by atoms with E-state index in [2.05, 4.69) is 46.6 Å². The number of nitrogens with zero attached hydrogens (tertiary/aromatic N) is 3. The lowest BCUT2D eigenvalue weighted by Gasteiger charge is -2.19. The van der Waals surface area contributed by atoms with Crippen LogP contribution in [0.2, 0.25) is 0 Å². The molecular formula is C22H30N4O. The van der Waals surface area contributed by atoms with E-state index >= 15 is 0 Å². The van der Waals surface area contributed by atoms with Gasteiger partial charge in [0.15, 0.2) is 0 Å². The maximum absolute atomic E-state index is 12.7. The fraction of sp³-hybridized carbons (Fsp3) is 0.455. The summed E-state index contributed by atoms with van der Waals surface area (Å²) < 4.78 is 0. The second kappa shape index (κ2) is 8.53. The Morgan fingerprint density at radius 1 is 1.19 bits per heavy atom. The molecule has 0 aliphatic carbocycles. The molecule has 0 bridgehead atoms. The van der Waals surface area contributed by atoms with Crippen LogP contribution in [-0.4, -0.2) is 49.0 Å². The van der Waals surface area contributed by atoms with Crippen molar-refractivity contribution in [2.24, 2.45) is 0 Å². The summed E-state index contributed by atoms with van der Waals surface area (Å²) in [5.74, 6) is 0.706. The van der Waals surface area contributed by atoms with Crippen LogP contribution in [0.1, 0.15) is 41.0 Å². The Kier molecular flexibility index (Phi) is 6.11. The quantitative estimate of drug-likeness (QED) is 0.884. The van der Waals surface area contributed by atoms with Gasteiger partial charge in [-0.3, -0.25) is 9.69 Å². The van der Waals surface area contributed by atoms with E-state index in [1.165, 1.54) is 11.1 Å². The highest BCUT2D eigenvalue weighted by Gasteiger charge is 2.22. The smallest absolute Gasteiger partial charge is 0.255 e. The minimum absolute atomic E-state index is 0.0469. The Balaban J connectivity index is 1.82.